The molecule has 2 aliphatic rings. The fourth-order valence-corrected chi connectivity index (χ4v) is 5.47. The molecule has 5 heteroatoms. The van der Waals surface area contributed by atoms with Gasteiger partial charge in [-0.1, -0.05) is 43.0 Å². The van der Waals surface area contributed by atoms with Gasteiger partial charge in [0.1, 0.15) is 12.1 Å². The van der Waals surface area contributed by atoms with Gasteiger partial charge in [-0.15, -0.1) is 0 Å². The Bertz CT molecular complexity index is 951. The van der Waals surface area contributed by atoms with Crippen LogP contribution in [-0.4, -0.2) is 31.4 Å². The number of aliphatic imine (C=N–C) groups is 1. The molecule has 0 bridgehead atoms. The zero-order chi connectivity index (χ0) is 18.2. The number of hydrogen-bond donors (Lipinski definition) is 0. The number of benzene rings is 1. The van der Waals surface area contributed by atoms with Gasteiger partial charge in [-0.25, -0.2) is 0 Å². The lowest BCUT2D eigenvalue weighted by Crippen LogP contribution is -2.36. The lowest BCUT2D eigenvalue weighted by Gasteiger charge is -2.32. The Morgan fingerprint density at radius 1 is 1.04 bits per heavy atom. The van der Waals surface area contributed by atoms with E-state index in [0.717, 1.165) is 17.9 Å². The van der Waals surface area contributed by atoms with Crippen molar-refractivity contribution in [1.82, 2.24) is 14.5 Å². The molecule has 1 aromatic carbocycles. The number of pyridine rings is 1. The molecule has 0 radical (unpaired) electrons. The van der Waals surface area contributed by atoms with Crippen molar-refractivity contribution >= 4 is 16.9 Å². The molecular formula is C22H22N4S. The number of hydrogen-bond acceptors (Lipinski definition) is 4. The summed E-state index contributed by atoms with van der Waals surface area (Å²) < 4.78 is 2.30. The number of nitrogens with zero attached hydrogens (tertiary/aromatic N) is 4. The second-order valence-corrected chi connectivity index (χ2v) is 7.96. The molecule has 27 heavy (non-hydrogen) atoms. The van der Waals surface area contributed by atoms with Gasteiger partial charge in [-0.05, 0) is 42.8 Å². The van der Waals surface area contributed by atoms with Gasteiger partial charge in [0.15, 0.2) is 5.17 Å². The number of fused-ring (bicyclic) bond motifs is 1. The molecule has 0 saturated carbocycles. The second kappa shape index (κ2) is 6.89. The quantitative estimate of drug-likeness (QED) is 0.654. The molecule has 2 aliphatic heterocycles. The molecule has 1 saturated heterocycles. The first-order valence-electron chi connectivity index (χ1n) is 9.49. The van der Waals surface area contributed by atoms with Gasteiger partial charge in [-0.2, -0.15) is 0 Å². The largest absolute Gasteiger partial charge is 0.337 e. The first kappa shape index (κ1) is 16.6. The van der Waals surface area contributed by atoms with Gasteiger partial charge < -0.3 is 9.47 Å². The Morgan fingerprint density at radius 3 is 2.67 bits per heavy atom. The first-order valence-corrected chi connectivity index (χ1v) is 10.5. The summed E-state index contributed by atoms with van der Waals surface area (Å²) in [6.07, 6.45) is 5.16. The lowest BCUT2D eigenvalue weighted by atomic mass is 9.99. The Labute approximate surface area is 164 Å². The molecule has 0 N–H and O–H groups in total. The van der Waals surface area contributed by atoms with Crippen LogP contribution in [0.5, 0.6) is 0 Å². The van der Waals surface area contributed by atoms with Crippen LogP contribution in [0, 0.1) is 0 Å². The van der Waals surface area contributed by atoms with Crippen LogP contribution in [0.2, 0.25) is 0 Å². The van der Waals surface area contributed by atoms with Crippen molar-refractivity contribution in [2.75, 3.05) is 5.75 Å². The van der Waals surface area contributed by atoms with Crippen LogP contribution in [-0.2, 0) is 0 Å². The smallest absolute Gasteiger partial charge is 0.160 e. The third-order valence-corrected chi connectivity index (χ3v) is 6.57. The summed E-state index contributed by atoms with van der Waals surface area (Å²) in [6.45, 7) is 2.27. The fourth-order valence-electron chi connectivity index (χ4n) is 4.13. The van der Waals surface area contributed by atoms with E-state index in [-0.39, 0.29) is 12.1 Å². The average molecular weight is 375 g/mol. The van der Waals surface area contributed by atoms with E-state index in [9.17, 15) is 0 Å². The van der Waals surface area contributed by atoms with E-state index in [1.807, 2.05) is 24.0 Å². The molecule has 4 nitrogen and oxygen atoms in total. The van der Waals surface area contributed by atoms with Crippen LogP contribution >= 0.6 is 11.8 Å². The molecule has 0 unspecified atom stereocenters. The van der Waals surface area contributed by atoms with E-state index in [2.05, 4.69) is 82.2 Å². The van der Waals surface area contributed by atoms with E-state index >= 15 is 0 Å². The van der Waals surface area contributed by atoms with E-state index < -0.39 is 0 Å². The van der Waals surface area contributed by atoms with Crippen LogP contribution in [0.1, 0.15) is 36.8 Å². The molecule has 4 heterocycles. The summed E-state index contributed by atoms with van der Waals surface area (Å²) in [5, 5.41) is 1.17. The monoisotopic (exact) mass is 374 g/mol. The first-order chi connectivity index (χ1) is 13.4. The maximum Gasteiger partial charge on any atom is 0.160 e. The number of aromatic nitrogens is 2. The molecule has 136 valence electrons. The van der Waals surface area contributed by atoms with Crippen molar-refractivity contribution in [3.8, 4) is 5.69 Å². The van der Waals surface area contributed by atoms with Gasteiger partial charge in [0.25, 0.3) is 0 Å². The van der Waals surface area contributed by atoms with E-state index in [1.54, 1.807) is 0 Å². The lowest BCUT2D eigenvalue weighted by molar-refractivity contribution is 0.249. The second-order valence-electron chi connectivity index (χ2n) is 6.97. The number of rotatable bonds is 4. The summed E-state index contributed by atoms with van der Waals surface area (Å²) in [4.78, 5) is 12.3. The van der Waals surface area contributed by atoms with Crippen LogP contribution in [0.25, 0.3) is 5.69 Å². The Balaban J connectivity index is 1.63. The van der Waals surface area contributed by atoms with Gasteiger partial charge in [0.05, 0.1) is 5.69 Å². The van der Waals surface area contributed by atoms with Crippen LogP contribution in [0.15, 0.2) is 78.0 Å². The highest BCUT2D eigenvalue weighted by Gasteiger charge is 2.46. The third kappa shape index (κ3) is 2.77. The van der Waals surface area contributed by atoms with Gasteiger partial charge >= 0.3 is 0 Å². The van der Waals surface area contributed by atoms with Crippen molar-refractivity contribution < 1.29 is 0 Å². The van der Waals surface area contributed by atoms with Crippen molar-refractivity contribution in [2.45, 2.75) is 31.5 Å². The SMILES string of the molecule is CC[C@@H]1CSC2=N[C@@H](c3ccccn3)[C@H](c3cccn3-c3ccccc3)N21. The van der Waals surface area contributed by atoms with Crippen LogP contribution < -0.4 is 0 Å². The topological polar surface area (TPSA) is 33.4 Å². The third-order valence-electron chi connectivity index (χ3n) is 5.45. The van der Waals surface area contributed by atoms with E-state index in [1.165, 1.54) is 16.5 Å². The molecule has 0 amide bonds. The maximum atomic E-state index is 5.12. The number of para-hydroxylation sites is 1. The highest BCUT2D eigenvalue weighted by atomic mass is 32.2. The minimum Gasteiger partial charge on any atom is -0.337 e. The zero-order valence-corrected chi connectivity index (χ0v) is 16.1. The summed E-state index contributed by atoms with van der Waals surface area (Å²) in [6, 6.07) is 21.8. The predicted octanol–water partition coefficient (Wildman–Crippen LogP) is 4.85. The van der Waals surface area contributed by atoms with Crippen molar-refractivity contribution in [3.63, 3.8) is 0 Å². The standard InChI is InChI=1S/C22H22N4S/c1-2-16-15-27-22-24-20(18-11-6-7-13-23-18)21(26(16)22)19-12-8-14-25(19)17-9-4-3-5-10-17/h3-14,16,20-21H,2,15H2,1H3/t16-,20+,21+/m1/s1. The Morgan fingerprint density at radius 2 is 1.89 bits per heavy atom. The zero-order valence-electron chi connectivity index (χ0n) is 15.3. The molecule has 0 spiro atoms. The summed E-state index contributed by atoms with van der Waals surface area (Å²) in [5.74, 6) is 1.12. The minimum absolute atomic E-state index is 0.0282. The summed E-state index contributed by atoms with van der Waals surface area (Å²) >= 11 is 1.89. The molecule has 5 rings (SSSR count). The molecule has 3 atom stereocenters. The maximum absolute atomic E-state index is 5.12. The molecular weight excluding hydrogens is 352 g/mol. The highest BCUT2D eigenvalue weighted by molar-refractivity contribution is 8.14. The minimum atomic E-state index is 0.0282. The van der Waals surface area contributed by atoms with Crippen molar-refractivity contribution in [1.29, 1.82) is 0 Å². The Hall–Kier alpha value is -2.53. The summed E-state index contributed by atoms with van der Waals surface area (Å²) in [5.41, 5.74) is 3.50. The molecule has 0 aliphatic carbocycles. The van der Waals surface area contributed by atoms with Crippen molar-refractivity contribution in [3.05, 3.63) is 84.4 Å². The fraction of sp³-hybridized carbons (Fsp3) is 0.273. The highest BCUT2D eigenvalue weighted by Crippen LogP contribution is 2.48. The summed E-state index contributed by atoms with van der Waals surface area (Å²) in [7, 11) is 0. The normalized spacial score (nSPS) is 24.1. The van der Waals surface area contributed by atoms with Crippen LogP contribution in [0.3, 0.4) is 0 Å². The molecule has 1 fully saturated rings. The van der Waals surface area contributed by atoms with Gasteiger partial charge in [0.2, 0.25) is 0 Å². The Kier molecular flexibility index (Phi) is 4.24. The van der Waals surface area contributed by atoms with Gasteiger partial charge in [-0.3, -0.25) is 9.98 Å². The molecule has 3 aromatic rings. The van der Waals surface area contributed by atoms with Crippen LogP contribution in [0.4, 0.5) is 0 Å². The average Bonchev–Trinajstić information content (AvgIpc) is 3.44. The van der Waals surface area contributed by atoms with E-state index in [0.29, 0.717) is 6.04 Å². The molecule has 2 aromatic heterocycles. The predicted molar refractivity (Wildman–Crippen MR) is 111 cm³/mol. The van der Waals surface area contributed by atoms with Crippen molar-refractivity contribution in [2.24, 2.45) is 4.99 Å². The van der Waals surface area contributed by atoms with Gasteiger partial charge in [0, 0.05) is 35.6 Å². The van der Waals surface area contributed by atoms with E-state index in [4.69, 9.17) is 4.99 Å². The number of amidine groups is 1. The number of thioether (sulfide) groups is 1.